The van der Waals surface area contributed by atoms with Gasteiger partial charge in [0.2, 0.25) is 5.76 Å². The lowest BCUT2D eigenvalue weighted by Gasteiger charge is -2.01. The first-order valence-corrected chi connectivity index (χ1v) is 4.40. The summed E-state index contributed by atoms with van der Waals surface area (Å²) < 4.78 is 15.4. The van der Waals surface area contributed by atoms with Crippen LogP contribution < -0.4 is 4.74 Å². The van der Waals surface area contributed by atoms with Gasteiger partial charge >= 0.3 is 0 Å². The van der Waals surface area contributed by atoms with Gasteiger partial charge in [-0.3, -0.25) is 0 Å². The molecule has 1 aromatic heterocycles. The Morgan fingerprint density at radius 2 is 2.20 bits per heavy atom. The van der Waals surface area contributed by atoms with Crippen molar-refractivity contribution in [3.05, 3.63) is 30.0 Å². The molecule has 76 valence electrons. The zero-order valence-corrected chi connectivity index (χ0v) is 8.19. The predicted molar refractivity (Wildman–Crippen MR) is 53.4 cm³/mol. The van der Waals surface area contributed by atoms with Crippen LogP contribution in [0.5, 0.6) is 5.75 Å². The van der Waals surface area contributed by atoms with Crippen molar-refractivity contribution < 1.29 is 13.9 Å². The number of ether oxygens (including phenoxy) is 2. The highest BCUT2D eigenvalue weighted by atomic mass is 16.7. The van der Waals surface area contributed by atoms with Crippen molar-refractivity contribution in [1.29, 1.82) is 5.26 Å². The largest absolute Gasteiger partial charge is 0.462 e. The van der Waals surface area contributed by atoms with Crippen molar-refractivity contribution in [3.8, 4) is 11.8 Å². The first kappa shape index (κ1) is 9.56. The average Bonchev–Trinajstić information content (AvgIpc) is 2.64. The topological polar surface area (TPSA) is 55.4 Å². The molecule has 0 fully saturated rings. The van der Waals surface area contributed by atoms with E-state index in [1.54, 1.807) is 6.07 Å². The lowest BCUT2D eigenvalue weighted by Crippen LogP contribution is -1.99. The Bertz CT molecular complexity index is 510. The fraction of sp³-hybridized carbons (Fsp3) is 0.182. The number of rotatable bonds is 3. The second-order valence-corrected chi connectivity index (χ2v) is 2.92. The zero-order chi connectivity index (χ0) is 10.7. The quantitative estimate of drug-likeness (QED) is 0.718. The van der Waals surface area contributed by atoms with E-state index >= 15 is 0 Å². The van der Waals surface area contributed by atoms with Crippen molar-refractivity contribution in [3.63, 3.8) is 0 Å². The highest BCUT2D eigenvalue weighted by molar-refractivity contribution is 5.86. The van der Waals surface area contributed by atoms with Gasteiger partial charge in [-0.1, -0.05) is 12.1 Å². The third-order valence-corrected chi connectivity index (χ3v) is 1.97. The van der Waals surface area contributed by atoms with Crippen LogP contribution in [-0.2, 0) is 4.74 Å². The van der Waals surface area contributed by atoms with Crippen LogP contribution in [0.1, 0.15) is 5.76 Å². The summed E-state index contributed by atoms with van der Waals surface area (Å²) in [4.78, 5) is 0. The molecular formula is C11H9NO3. The summed E-state index contributed by atoms with van der Waals surface area (Å²) >= 11 is 0. The van der Waals surface area contributed by atoms with E-state index in [2.05, 4.69) is 0 Å². The molecule has 2 rings (SSSR count). The molecule has 0 amide bonds. The molecule has 4 heteroatoms. The Kier molecular flexibility index (Phi) is 2.57. The Balaban J connectivity index is 2.53. The van der Waals surface area contributed by atoms with Gasteiger partial charge in [-0.25, -0.2) is 0 Å². The zero-order valence-electron chi connectivity index (χ0n) is 8.19. The van der Waals surface area contributed by atoms with Gasteiger partial charge in [0.1, 0.15) is 11.7 Å². The summed E-state index contributed by atoms with van der Waals surface area (Å²) in [7, 11) is 1.52. The minimum Gasteiger partial charge on any atom is -0.462 e. The molecule has 0 aliphatic rings. The minimum atomic E-state index is 0.0954. The van der Waals surface area contributed by atoms with Gasteiger partial charge in [0.15, 0.2) is 12.5 Å². The number of fused-ring (bicyclic) bond motifs is 1. The normalized spacial score (nSPS) is 10.1. The van der Waals surface area contributed by atoms with Crippen LogP contribution in [0.25, 0.3) is 11.0 Å². The predicted octanol–water partition coefficient (Wildman–Crippen LogP) is 2.29. The molecule has 1 heterocycles. The van der Waals surface area contributed by atoms with E-state index in [0.29, 0.717) is 11.3 Å². The molecule has 0 saturated carbocycles. The Morgan fingerprint density at radius 3 is 2.93 bits per heavy atom. The monoisotopic (exact) mass is 203 g/mol. The molecule has 0 atom stereocenters. The number of methoxy groups -OCH3 is 1. The third-order valence-electron chi connectivity index (χ3n) is 1.97. The minimum absolute atomic E-state index is 0.0954. The fourth-order valence-electron chi connectivity index (χ4n) is 1.36. The van der Waals surface area contributed by atoms with Crippen molar-refractivity contribution in [2.45, 2.75) is 0 Å². The van der Waals surface area contributed by atoms with Crippen molar-refractivity contribution in [2.75, 3.05) is 13.9 Å². The third kappa shape index (κ3) is 1.65. The van der Waals surface area contributed by atoms with E-state index in [0.717, 1.165) is 5.39 Å². The molecule has 4 nitrogen and oxygen atoms in total. The molecule has 0 N–H and O–H groups in total. The smallest absolute Gasteiger partial charge is 0.246 e. The van der Waals surface area contributed by atoms with Crippen LogP contribution in [0.4, 0.5) is 0 Å². The summed E-state index contributed by atoms with van der Waals surface area (Å²) in [5.41, 5.74) is 0.639. The van der Waals surface area contributed by atoms with Gasteiger partial charge < -0.3 is 13.9 Å². The van der Waals surface area contributed by atoms with Gasteiger partial charge in [-0.05, 0) is 12.1 Å². The molecule has 0 saturated heterocycles. The summed E-state index contributed by atoms with van der Waals surface area (Å²) in [6.45, 7) is 0.0954. The number of para-hydroxylation sites is 1. The maximum absolute atomic E-state index is 8.85. The first-order valence-electron chi connectivity index (χ1n) is 4.40. The first-order chi connectivity index (χ1) is 7.36. The fourth-order valence-corrected chi connectivity index (χ4v) is 1.36. The van der Waals surface area contributed by atoms with Gasteiger partial charge in [0, 0.05) is 7.11 Å². The van der Waals surface area contributed by atoms with Crippen LogP contribution in [0.15, 0.2) is 28.7 Å². The molecule has 0 aliphatic carbocycles. The molecule has 1 aromatic carbocycles. The molecule has 0 aliphatic heterocycles. The number of nitrogens with zero attached hydrogens (tertiary/aromatic N) is 1. The lowest BCUT2D eigenvalue weighted by molar-refractivity contribution is 0.0513. The number of nitriles is 1. The van der Waals surface area contributed by atoms with E-state index < -0.39 is 0 Å². The molecule has 0 spiro atoms. The van der Waals surface area contributed by atoms with E-state index in [1.807, 2.05) is 24.3 Å². The lowest BCUT2D eigenvalue weighted by atomic mass is 10.2. The number of hydrogen-bond donors (Lipinski definition) is 0. The van der Waals surface area contributed by atoms with Gasteiger partial charge in [-0.2, -0.15) is 5.26 Å². The van der Waals surface area contributed by atoms with Gasteiger partial charge in [0.05, 0.1) is 5.39 Å². The maximum atomic E-state index is 8.85. The average molecular weight is 203 g/mol. The summed E-state index contributed by atoms with van der Waals surface area (Å²) in [6, 6.07) is 9.27. The summed E-state index contributed by atoms with van der Waals surface area (Å²) in [5.74, 6) is 0.614. The number of hydrogen-bond acceptors (Lipinski definition) is 4. The molecular weight excluding hydrogens is 194 g/mol. The SMILES string of the molecule is COCOc1c(C#N)oc2ccccc12. The molecule has 2 aromatic rings. The van der Waals surface area contributed by atoms with E-state index in [9.17, 15) is 0 Å². The standard InChI is InChI=1S/C11H9NO3/c1-13-7-14-11-8-4-2-3-5-9(8)15-10(11)6-12/h2-5H,7H2,1H3. The van der Waals surface area contributed by atoms with Crippen molar-refractivity contribution >= 4 is 11.0 Å². The number of furan rings is 1. The molecule has 0 unspecified atom stereocenters. The highest BCUT2D eigenvalue weighted by Crippen LogP contribution is 2.32. The maximum Gasteiger partial charge on any atom is 0.246 e. The summed E-state index contributed by atoms with van der Waals surface area (Å²) in [5, 5.41) is 9.64. The Labute approximate surface area is 86.6 Å². The van der Waals surface area contributed by atoms with E-state index in [-0.39, 0.29) is 12.6 Å². The number of benzene rings is 1. The second-order valence-electron chi connectivity index (χ2n) is 2.92. The van der Waals surface area contributed by atoms with E-state index in [1.165, 1.54) is 7.11 Å². The Hall–Kier alpha value is -1.99. The highest BCUT2D eigenvalue weighted by Gasteiger charge is 2.14. The molecule has 15 heavy (non-hydrogen) atoms. The van der Waals surface area contributed by atoms with Gasteiger partial charge in [0.25, 0.3) is 0 Å². The molecule has 0 bridgehead atoms. The van der Waals surface area contributed by atoms with Crippen molar-refractivity contribution in [2.24, 2.45) is 0 Å². The van der Waals surface area contributed by atoms with Crippen LogP contribution in [0, 0.1) is 11.3 Å². The van der Waals surface area contributed by atoms with Crippen LogP contribution in [-0.4, -0.2) is 13.9 Å². The second kappa shape index (κ2) is 4.03. The van der Waals surface area contributed by atoms with Crippen LogP contribution in [0.2, 0.25) is 0 Å². The van der Waals surface area contributed by atoms with E-state index in [4.69, 9.17) is 19.2 Å². The van der Waals surface area contributed by atoms with Crippen LogP contribution >= 0.6 is 0 Å². The Morgan fingerprint density at radius 1 is 1.40 bits per heavy atom. The summed E-state index contributed by atoms with van der Waals surface area (Å²) in [6.07, 6.45) is 0. The molecule has 0 radical (unpaired) electrons. The van der Waals surface area contributed by atoms with Crippen LogP contribution in [0.3, 0.4) is 0 Å². The van der Waals surface area contributed by atoms with Crippen molar-refractivity contribution in [1.82, 2.24) is 0 Å². The van der Waals surface area contributed by atoms with Gasteiger partial charge in [-0.15, -0.1) is 0 Å².